The lowest BCUT2D eigenvalue weighted by Crippen LogP contribution is -2.47. The van der Waals surface area contributed by atoms with Gasteiger partial charge in [0.1, 0.15) is 28.5 Å². The summed E-state index contributed by atoms with van der Waals surface area (Å²) in [5, 5.41) is 1.94. The number of ether oxygens (including phenoxy) is 4. The molecule has 3 rings (SSSR count). The molecule has 214 valence electrons. The van der Waals surface area contributed by atoms with Crippen molar-refractivity contribution in [1.29, 1.82) is 0 Å². The molecule has 15 heteroatoms. The second-order valence-electron chi connectivity index (χ2n) is 8.72. The molecule has 13 nitrogen and oxygen atoms in total. The van der Waals surface area contributed by atoms with E-state index in [2.05, 4.69) is 30.5 Å². The first-order valence-corrected chi connectivity index (χ1v) is 13.9. The maximum absolute atomic E-state index is 13.4. The largest absolute Gasteiger partial charge is 0.494 e. The zero-order valence-electron chi connectivity index (χ0n) is 22.3. The Hall–Kier alpha value is -3.20. The second-order valence-corrected chi connectivity index (χ2v) is 11.1. The van der Waals surface area contributed by atoms with Crippen molar-refractivity contribution in [3.05, 3.63) is 41.4 Å². The Morgan fingerprint density at radius 3 is 2.26 bits per heavy atom. The van der Waals surface area contributed by atoms with Crippen molar-refractivity contribution in [1.82, 2.24) is 20.8 Å². The number of hydrazine groups is 1. The van der Waals surface area contributed by atoms with Crippen molar-refractivity contribution < 1.29 is 32.2 Å². The molecule has 0 spiro atoms. The van der Waals surface area contributed by atoms with Crippen LogP contribution in [-0.4, -0.2) is 70.0 Å². The number of carbonyl (C=O) groups excluding carboxylic acids is 1. The van der Waals surface area contributed by atoms with Crippen molar-refractivity contribution in [3.63, 3.8) is 0 Å². The van der Waals surface area contributed by atoms with Gasteiger partial charge in [0.15, 0.2) is 5.82 Å². The summed E-state index contributed by atoms with van der Waals surface area (Å²) in [6.07, 6.45) is 3.56. The van der Waals surface area contributed by atoms with Gasteiger partial charge in [0, 0.05) is 32.5 Å². The van der Waals surface area contributed by atoms with Gasteiger partial charge in [0.2, 0.25) is 11.9 Å². The van der Waals surface area contributed by atoms with Gasteiger partial charge < -0.3 is 24.3 Å². The molecule has 0 bridgehead atoms. The summed E-state index contributed by atoms with van der Waals surface area (Å²) in [7, 11) is 1.55. The molecule has 1 heterocycles. The van der Waals surface area contributed by atoms with Crippen LogP contribution in [0.25, 0.3) is 0 Å². The predicted molar refractivity (Wildman–Crippen MR) is 145 cm³/mol. The van der Waals surface area contributed by atoms with Crippen LogP contribution in [0, 0.1) is 5.92 Å². The third-order valence-corrected chi connectivity index (χ3v) is 8.15. The molecule has 1 aromatic heterocycles. The lowest BCUT2D eigenvalue weighted by atomic mass is 10.1. The van der Waals surface area contributed by atoms with Gasteiger partial charge in [0.25, 0.3) is 10.0 Å². The molecule has 0 aliphatic heterocycles. The van der Waals surface area contributed by atoms with E-state index in [1.165, 1.54) is 40.6 Å². The van der Waals surface area contributed by atoms with Crippen LogP contribution in [0.4, 0.5) is 5.69 Å². The molecule has 1 fully saturated rings. The number of nitrogens with zero attached hydrogens (tertiary/aromatic N) is 3. The number of benzene rings is 1. The highest BCUT2D eigenvalue weighted by Gasteiger charge is 2.34. The summed E-state index contributed by atoms with van der Waals surface area (Å²) in [5.41, 5.74) is 5.45. The van der Waals surface area contributed by atoms with Crippen LogP contribution >= 0.6 is 11.6 Å². The Morgan fingerprint density at radius 1 is 1.08 bits per heavy atom. The first-order chi connectivity index (χ1) is 18.6. The van der Waals surface area contributed by atoms with E-state index in [1.807, 2.05) is 0 Å². The Kier molecular flexibility index (Phi) is 10.7. The number of aromatic nitrogens is 2. The molecular formula is C24H33ClN6O7S. The Morgan fingerprint density at radius 2 is 1.72 bits per heavy atom. The number of amides is 1. The highest BCUT2D eigenvalue weighted by molar-refractivity contribution is 7.90. The first-order valence-electron chi connectivity index (χ1n) is 12.0. The molecule has 1 saturated carbocycles. The number of sulfonamides is 1. The SMILES string of the molecule is COc1cccc(OC)c1NC(=NS(=O)(=O)C(C)C(OC)c1ncc(Cl)cn1)NNC(=O)[C@@H]1CC[C@@H](OC)C1. The molecule has 0 saturated heterocycles. The van der Waals surface area contributed by atoms with Crippen molar-refractivity contribution in [2.45, 2.75) is 43.6 Å². The van der Waals surface area contributed by atoms with Crippen molar-refractivity contribution >= 4 is 39.2 Å². The number of nitrogens with one attached hydrogen (secondary N) is 3. The maximum Gasteiger partial charge on any atom is 0.262 e. The molecule has 1 aliphatic carbocycles. The van der Waals surface area contributed by atoms with Crippen LogP contribution in [0.3, 0.4) is 0 Å². The molecule has 1 aliphatic rings. The molecular weight excluding hydrogens is 552 g/mol. The van der Waals surface area contributed by atoms with Crippen molar-refractivity contribution in [3.8, 4) is 11.5 Å². The van der Waals surface area contributed by atoms with E-state index >= 15 is 0 Å². The van der Waals surface area contributed by atoms with Gasteiger partial charge in [-0.1, -0.05) is 17.7 Å². The summed E-state index contributed by atoms with van der Waals surface area (Å²) in [4.78, 5) is 21.0. The van der Waals surface area contributed by atoms with Crippen LogP contribution in [0.2, 0.25) is 5.02 Å². The van der Waals surface area contributed by atoms with Gasteiger partial charge in [-0.05, 0) is 38.3 Å². The summed E-state index contributed by atoms with van der Waals surface area (Å²) < 4.78 is 52.4. The van der Waals surface area contributed by atoms with Gasteiger partial charge in [-0.3, -0.25) is 15.6 Å². The van der Waals surface area contributed by atoms with E-state index in [4.69, 9.17) is 30.5 Å². The average molecular weight is 585 g/mol. The quantitative estimate of drug-likeness (QED) is 0.213. The smallest absolute Gasteiger partial charge is 0.262 e. The minimum absolute atomic E-state index is 0.00727. The van der Waals surface area contributed by atoms with E-state index in [0.29, 0.717) is 29.4 Å². The standard InChI is InChI=1S/C24H33ClN6O7S/c1-14(21(38-5)22-26-12-16(25)13-27-22)39(33,34)31-24(28-20-18(36-3)7-6-8-19(20)37-4)30-29-23(32)15-9-10-17(11-15)35-2/h6-8,12-15,17,21H,9-11H2,1-5H3,(H,29,32)(H2,28,30,31)/t14?,15-,17-,21?/m1/s1. The molecule has 39 heavy (non-hydrogen) atoms. The fourth-order valence-corrected chi connectivity index (χ4v) is 5.28. The van der Waals surface area contributed by atoms with Gasteiger partial charge >= 0.3 is 0 Å². The van der Waals surface area contributed by atoms with Crippen LogP contribution in [-0.2, 0) is 24.3 Å². The summed E-state index contributed by atoms with van der Waals surface area (Å²) >= 11 is 5.86. The summed E-state index contributed by atoms with van der Waals surface area (Å²) in [6, 6.07) is 5.01. The highest BCUT2D eigenvalue weighted by Crippen LogP contribution is 2.34. The number of hydrogen-bond acceptors (Lipinski definition) is 9. The average Bonchev–Trinajstić information content (AvgIpc) is 3.42. The second kappa shape index (κ2) is 13.7. The maximum atomic E-state index is 13.4. The lowest BCUT2D eigenvalue weighted by Gasteiger charge is -2.21. The fraction of sp³-hybridized carbons (Fsp3) is 0.500. The van der Waals surface area contributed by atoms with Crippen LogP contribution in [0.15, 0.2) is 35.0 Å². The van der Waals surface area contributed by atoms with E-state index < -0.39 is 21.4 Å². The fourth-order valence-electron chi connectivity index (χ4n) is 4.13. The van der Waals surface area contributed by atoms with Crippen molar-refractivity contribution in [2.75, 3.05) is 33.8 Å². The van der Waals surface area contributed by atoms with E-state index in [-0.39, 0.29) is 35.4 Å². The Bertz CT molecular complexity index is 1240. The third-order valence-electron chi connectivity index (χ3n) is 6.33. The number of guanidine groups is 1. The Balaban J connectivity index is 1.92. The van der Waals surface area contributed by atoms with Crippen LogP contribution < -0.4 is 25.6 Å². The number of rotatable bonds is 10. The zero-order valence-corrected chi connectivity index (χ0v) is 23.9. The van der Waals surface area contributed by atoms with Crippen LogP contribution in [0.1, 0.15) is 38.1 Å². The number of anilines is 1. The third kappa shape index (κ3) is 7.68. The van der Waals surface area contributed by atoms with E-state index in [1.54, 1.807) is 25.3 Å². The molecule has 2 aromatic rings. The normalized spacial score (nSPS) is 19.2. The van der Waals surface area contributed by atoms with Crippen LogP contribution in [0.5, 0.6) is 11.5 Å². The molecule has 1 amide bonds. The highest BCUT2D eigenvalue weighted by atomic mass is 35.5. The van der Waals surface area contributed by atoms with E-state index in [0.717, 1.165) is 6.42 Å². The minimum atomic E-state index is -4.30. The predicted octanol–water partition coefficient (Wildman–Crippen LogP) is 2.46. The number of carbonyl (C=O) groups is 1. The molecule has 4 atom stereocenters. The van der Waals surface area contributed by atoms with E-state index in [9.17, 15) is 13.2 Å². The summed E-state index contributed by atoms with van der Waals surface area (Å²) in [5.74, 6) is -0.117. The first kappa shape index (κ1) is 30.3. The number of halogens is 1. The molecule has 2 unspecified atom stereocenters. The Labute approximate surface area is 232 Å². The molecule has 1 aromatic carbocycles. The van der Waals surface area contributed by atoms with Crippen molar-refractivity contribution in [2.24, 2.45) is 10.3 Å². The van der Waals surface area contributed by atoms with Gasteiger partial charge in [-0.2, -0.15) is 0 Å². The van der Waals surface area contributed by atoms with Gasteiger partial charge in [0.05, 0.1) is 25.3 Å². The number of methoxy groups -OCH3 is 4. The lowest BCUT2D eigenvalue weighted by molar-refractivity contribution is -0.125. The summed E-state index contributed by atoms with van der Waals surface area (Å²) in [6.45, 7) is 1.41. The van der Waals surface area contributed by atoms with Gasteiger partial charge in [-0.25, -0.2) is 18.4 Å². The molecule has 0 radical (unpaired) electrons. The number of para-hydroxylation sites is 1. The van der Waals surface area contributed by atoms with Gasteiger partial charge in [-0.15, -0.1) is 4.40 Å². The molecule has 3 N–H and O–H groups in total. The topological polar surface area (TPSA) is 162 Å². The minimum Gasteiger partial charge on any atom is -0.494 e. The zero-order chi connectivity index (χ0) is 28.6. The monoisotopic (exact) mass is 584 g/mol. The number of hydrogen-bond donors (Lipinski definition) is 3.